The number of amides is 1. The Bertz CT molecular complexity index is 1210. The first-order chi connectivity index (χ1) is 13.8. The normalized spacial score (nSPS) is 14.0. The van der Waals surface area contributed by atoms with Crippen LogP contribution in [0.2, 0.25) is 0 Å². The van der Waals surface area contributed by atoms with Gasteiger partial charge in [-0.1, -0.05) is 24.3 Å². The summed E-state index contributed by atoms with van der Waals surface area (Å²) in [7, 11) is -3.87. The summed E-state index contributed by atoms with van der Waals surface area (Å²) in [5.41, 5.74) is 4.29. The highest BCUT2D eigenvalue weighted by molar-refractivity contribution is 7.89. The van der Waals surface area contributed by atoms with Gasteiger partial charge < -0.3 is 5.32 Å². The standard InChI is InChI=1S/C21H22N4O3S/c1-13-5-3-4-6-18(13)25-20(15-8-9-15)17(12-23-25)21(26)24-16-10-7-14(2)19(11-16)29(22,27)28/h3-7,10-12,15H,8-9H2,1-2H3,(H,24,26)(H2,22,27,28). The number of hydrogen-bond acceptors (Lipinski definition) is 4. The number of hydrogen-bond donors (Lipinski definition) is 2. The van der Waals surface area contributed by atoms with E-state index in [0.29, 0.717) is 16.8 Å². The van der Waals surface area contributed by atoms with Crippen LogP contribution < -0.4 is 10.5 Å². The Balaban J connectivity index is 1.70. The highest BCUT2D eigenvalue weighted by Crippen LogP contribution is 2.42. The Labute approximate surface area is 169 Å². The number of anilines is 1. The van der Waals surface area contributed by atoms with Gasteiger partial charge in [0, 0.05) is 11.6 Å². The first kappa shape index (κ1) is 19.4. The zero-order valence-electron chi connectivity index (χ0n) is 16.2. The molecule has 1 amide bonds. The lowest BCUT2D eigenvalue weighted by atomic mass is 10.1. The molecule has 2 aromatic carbocycles. The molecular formula is C21H22N4O3S. The van der Waals surface area contributed by atoms with Crippen molar-refractivity contribution in [2.75, 3.05) is 5.32 Å². The molecule has 7 nitrogen and oxygen atoms in total. The molecule has 0 atom stereocenters. The number of nitrogens with one attached hydrogen (secondary N) is 1. The number of primary sulfonamides is 1. The van der Waals surface area contributed by atoms with Crippen molar-refractivity contribution in [2.45, 2.75) is 37.5 Å². The van der Waals surface area contributed by atoms with Crippen LogP contribution in [0.15, 0.2) is 53.6 Å². The van der Waals surface area contributed by atoms with Crippen molar-refractivity contribution >= 4 is 21.6 Å². The largest absolute Gasteiger partial charge is 0.322 e. The molecule has 150 valence electrons. The van der Waals surface area contributed by atoms with Crippen molar-refractivity contribution in [3.05, 3.63) is 71.0 Å². The van der Waals surface area contributed by atoms with Crippen LogP contribution in [0.3, 0.4) is 0 Å². The van der Waals surface area contributed by atoms with Crippen LogP contribution in [0.5, 0.6) is 0 Å². The number of carbonyl (C=O) groups is 1. The van der Waals surface area contributed by atoms with Gasteiger partial charge >= 0.3 is 0 Å². The van der Waals surface area contributed by atoms with Crippen LogP contribution in [0.25, 0.3) is 5.69 Å². The van der Waals surface area contributed by atoms with Crippen molar-refractivity contribution in [2.24, 2.45) is 5.14 Å². The molecule has 0 radical (unpaired) electrons. The number of benzene rings is 2. The predicted octanol–water partition coefficient (Wildman–Crippen LogP) is 3.27. The number of aryl methyl sites for hydroxylation is 2. The van der Waals surface area contributed by atoms with Gasteiger partial charge in [-0.3, -0.25) is 4.79 Å². The van der Waals surface area contributed by atoms with Gasteiger partial charge in [0.25, 0.3) is 5.91 Å². The second-order valence-electron chi connectivity index (χ2n) is 7.40. The van der Waals surface area contributed by atoms with E-state index in [-0.39, 0.29) is 16.7 Å². The third-order valence-electron chi connectivity index (χ3n) is 5.11. The third-order valence-corrected chi connectivity index (χ3v) is 6.16. The number of sulfonamides is 1. The van der Waals surface area contributed by atoms with Crippen LogP contribution in [-0.4, -0.2) is 24.1 Å². The minimum absolute atomic E-state index is 0.00618. The van der Waals surface area contributed by atoms with Crippen molar-refractivity contribution in [1.82, 2.24) is 9.78 Å². The maximum atomic E-state index is 13.0. The Morgan fingerprint density at radius 2 is 1.86 bits per heavy atom. The lowest BCUT2D eigenvalue weighted by Crippen LogP contribution is -2.17. The fourth-order valence-electron chi connectivity index (χ4n) is 3.46. The van der Waals surface area contributed by atoms with Crippen molar-refractivity contribution < 1.29 is 13.2 Å². The van der Waals surface area contributed by atoms with Crippen LogP contribution >= 0.6 is 0 Å². The lowest BCUT2D eigenvalue weighted by Gasteiger charge is -2.12. The van der Waals surface area contributed by atoms with E-state index in [1.165, 1.54) is 6.07 Å². The molecule has 1 aromatic heterocycles. The number of carbonyl (C=O) groups excluding carboxylic acids is 1. The first-order valence-electron chi connectivity index (χ1n) is 9.34. The number of nitrogens with two attached hydrogens (primary N) is 1. The van der Waals surface area contributed by atoms with E-state index in [4.69, 9.17) is 5.14 Å². The molecule has 3 N–H and O–H groups in total. The molecule has 1 aliphatic rings. The molecule has 0 unspecified atom stereocenters. The molecule has 3 aromatic rings. The van der Waals surface area contributed by atoms with Gasteiger partial charge in [0.1, 0.15) is 0 Å². The molecule has 1 fully saturated rings. The van der Waals surface area contributed by atoms with E-state index in [2.05, 4.69) is 10.4 Å². The Kier molecular flexibility index (Phi) is 4.76. The van der Waals surface area contributed by atoms with E-state index < -0.39 is 10.0 Å². The van der Waals surface area contributed by atoms with Gasteiger partial charge in [0.05, 0.1) is 28.0 Å². The Hall–Kier alpha value is -2.97. The summed E-state index contributed by atoms with van der Waals surface area (Å²) in [5.74, 6) is -0.0354. The fourth-order valence-corrected chi connectivity index (χ4v) is 4.27. The minimum Gasteiger partial charge on any atom is -0.322 e. The summed E-state index contributed by atoms with van der Waals surface area (Å²) in [4.78, 5) is 13.0. The Morgan fingerprint density at radius 3 is 2.52 bits per heavy atom. The molecular weight excluding hydrogens is 388 g/mol. The number of rotatable bonds is 5. The summed E-state index contributed by atoms with van der Waals surface area (Å²) in [5, 5.41) is 12.5. The van der Waals surface area contributed by atoms with Crippen molar-refractivity contribution in [1.29, 1.82) is 0 Å². The molecule has 0 saturated heterocycles. The summed E-state index contributed by atoms with van der Waals surface area (Å²) in [6.45, 7) is 3.66. The second kappa shape index (κ2) is 7.13. The lowest BCUT2D eigenvalue weighted by molar-refractivity contribution is 0.102. The smallest absolute Gasteiger partial charge is 0.259 e. The maximum absolute atomic E-state index is 13.0. The van der Waals surface area contributed by atoms with E-state index in [0.717, 1.165) is 29.8 Å². The molecule has 1 heterocycles. The van der Waals surface area contributed by atoms with E-state index >= 15 is 0 Å². The number of aromatic nitrogens is 2. The van der Waals surface area contributed by atoms with Gasteiger partial charge in [-0.05, 0) is 56.0 Å². The van der Waals surface area contributed by atoms with E-state index in [1.54, 1.807) is 25.3 Å². The zero-order valence-corrected chi connectivity index (χ0v) is 17.0. The maximum Gasteiger partial charge on any atom is 0.259 e. The van der Waals surface area contributed by atoms with Gasteiger partial charge in [0.2, 0.25) is 10.0 Å². The summed E-state index contributed by atoms with van der Waals surface area (Å²) in [6, 6.07) is 12.6. The summed E-state index contributed by atoms with van der Waals surface area (Å²) in [6.07, 6.45) is 3.60. The zero-order chi connectivity index (χ0) is 20.8. The average Bonchev–Trinajstić information content (AvgIpc) is 3.41. The average molecular weight is 410 g/mol. The second-order valence-corrected chi connectivity index (χ2v) is 8.93. The van der Waals surface area contributed by atoms with Gasteiger partial charge in [-0.15, -0.1) is 0 Å². The Morgan fingerprint density at radius 1 is 1.14 bits per heavy atom. The molecule has 1 saturated carbocycles. The monoisotopic (exact) mass is 410 g/mol. The van der Waals surface area contributed by atoms with Crippen molar-refractivity contribution in [3.8, 4) is 5.69 Å². The predicted molar refractivity (Wildman–Crippen MR) is 111 cm³/mol. The van der Waals surface area contributed by atoms with Crippen LogP contribution in [0.4, 0.5) is 5.69 Å². The molecule has 29 heavy (non-hydrogen) atoms. The van der Waals surface area contributed by atoms with Gasteiger partial charge in [-0.2, -0.15) is 5.10 Å². The summed E-state index contributed by atoms with van der Waals surface area (Å²) < 4.78 is 25.4. The quantitative estimate of drug-likeness (QED) is 0.673. The highest BCUT2D eigenvalue weighted by atomic mass is 32.2. The summed E-state index contributed by atoms with van der Waals surface area (Å²) >= 11 is 0. The van der Waals surface area contributed by atoms with Crippen LogP contribution in [-0.2, 0) is 10.0 Å². The minimum atomic E-state index is -3.87. The van der Waals surface area contributed by atoms with Crippen molar-refractivity contribution in [3.63, 3.8) is 0 Å². The van der Waals surface area contributed by atoms with E-state index in [9.17, 15) is 13.2 Å². The number of para-hydroxylation sites is 1. The van der Waals surface area contributed by atoms with Crippen LogP contribution in [0, 0.1) is 13.8 Å². The van der Waals surface area contributed by atoms with Gasteiger partial charge in [0.15, 0.2) is 0 Å². The molecule has 4 rings (SSSR count). The molecule has 0 spiro atoms. The van der Waals surface area contributed by atoms with E-state index in [1.807, 2.05) is 35.9 Å². The molecule has 1 aliphatic carbocycles. The molecule has 0 aliphatic heterocycles. The topological polar surface area (TPSA) is 107 Å². The third kappa shape index (κ3) is 3.81. The number of nitrogens with zero attached hydrogens (tertiary/aromatic N) is 2. The highest BCUT2D eigenvalue weighted by Gasteiger charge is 2.33. The van der Waals surface area contributed by atoms with Crippen LogP contribution in [0.1, 0.15) is 45.9 Å². The fraction of sp³-hybridized carbons (Fsp3) is 0.238. The SMILES string of the molecule is Cc1ccccc1-n1ncc(C(=O)Nc2ccc(C)c(S(N)(=O)=O)c2)c1C1CC1. The molecule has 0 bridgehead atoms. The van der Waals surface area contributed by atoms with Gasteiger partial charge in [-0.25, -0.2) is 18.2 Å². The molecule has 8 heteroatoms. The first-order valence-corrected chi connectivity index (χ1v) is 10.9.